The quantitative estimate of drug-likeness (QED) is 0.577. The molecule has 156 valence electrons. The fraction of sp³-hybridized carbons (Fsp3) is 0.227. The van der Waals surface area contributed by atoms with Gasteiger partial charge in [0.05, 0.1) is 5.52 Å². The first kappa shape index (κ1) is 20.4. The molecule has 8 heteroatoms. The number of rotatable bonds is 5. The highest BCUT2D eigenvalue weighted by atomic mass is 32.2. The number of halogens is 2. The predicted octanol–water partition coefficient (Wildman–Crippen LogP) is 4.72. The van der Waals surface area contributed by atoms with Crippen LogP contribution in [0.5, 0.6) is 0 Å². The molecule has 3 heterocycles. The molecule has 1 aliphatic heterocycles. The molecule has 3 aromatic rings. The average Bonchev–Trinajstić information content (AvgIpc) is 2.73. The Morgan fingerprint density at radius 2 is 1.97 bits per heavy atom. The summed E-state index contributed by atoms with van der Waals surface area (Å²) >= 11 is 0. The summed E-state index contributed by atoms with van der Waals surface area (Å²) in [4.78, 5) is 11.1. The maximum absolute atomic E-state index is 13.8. The minimum Gasteiger partial charge on any atom is -0.356 e. The van der Waals surface area contributed by atoms with E-state index in [1.165, 1.54) is 12.1 Å². The predicted molar refractivity (Wildman–Crippen MR) is 122 cm³/mol. The summed E-state index contributed by atoms with van der Waals surface area (Å²) in [7, 11) is -0.710. The Kier molecular flexibility index (Phi) is 5.78. The Bertz CT molecular complexity index is 1130. The van der Waals surface area contributed by atoms with Crippen LogP contribution >= 0.6 is 10.7 Å². The Morgan fingerprint density at radius 3 is 2.70 bits per heavy atom. The van der Waals surface area contributed by atoms with Crippen molar-refractivity contribution >= 4 is 44.6 Å². The van der Waals surface area contributed by atoms with Gasteiger partial charge in [0.2, 0.25) is 0 Å². The van der Waals surface area contributed by atoms with Crippen LogP contribution in [-0.4, -0.2) is 35.1 Å². The molecular weight excluding hydrogens is 404 g/mol. The van der Waals surface area contributed by atoms with E-state index in [1.807, 2.05) is 18.2 Å². The molecule has 30 heavy (non-hydrogen) atoms. The van der Waals surface area contributed by atoms with Crippen LogP contribution < -0.4 is 15.4 Å². The largest absolute Gasteiger partial charge is 0.356 e. The minimum absolute atomic E-state index is 0.330. The van der Waals surface area contributed by atoms with E-state index < -0.39 is 16.8 Å². The third-order valence-corrected chi connectivity index (χ3v) is 5.87. The fourth-order valence-corrected chi connectivity index (χ4v) is 4.01. The van der Waals surface area contributed by atoms with Crippen molar-refractivity contribution in [1.82, 2.24) is 9.97 Å². The van der Waals surface area contributed by atoms with Crippen molar-refractivity contribution in [3.63, 3.8) is 0 Å². The smallest absolute Gasteiger partial charge is 0.138 e. The van der Waals surface area contributed by atoms with Crippen LogP contribution in [0, 0.1) is 5.82 Å². The Morgan fingerprint density at radius 1 is 1.20 bits per heavy atom. The molecule has 5 nitrogen and oxygen atoms in total. The third kappa shape index (κ3) is 4.34. The van der Waals surface area contributed by atoms with Crippen LogP contribution in [0.25, 0.3) is 16.6 Å². The molecule has 1 fully saturated rings. The van der Waals surface area contributed by atoms with Crippen LogP contribution in [-0.2, 0) is 0 Å². The zero-order chi connectivity index (χ0) is 21.3. The SMILES string of the molecule is C=C(Nc1ccnc(S(=C)N)c1)c1cc2cc(F)ccc2nc1N1CCC(F)CC1. The van der Waals surface area contributed by atoms with Crippen molar-refractivity contribution in [2.24, 2.45) is 5.14 Å². The Hall–Kier alpha value is -2.84. The lowest BCUT2D eigenvalue weighted by molar-refractivity contribution is 0.277. The Balaban J connectivity index is 1.73. The monoisotopic (exact) mass is 427 g/mol. The second kappa shape index (κ2) is 8.49. The summed E-state index contributed by atoms with van der Waals surface area (Å²) < 4.78 is 27.5. The summed E-state index contributed by atoms with van der Waals surface area (Å²) in [5.74, 6) is 4.20. The summed E-state index contributed by atoms with van der Waals surface area (Å²) in [5.41, 5.74) is 2.79. The standard InChI is InChI=1S/C22H23F2N5S/c1-14(27-18-5-8-26-21(13-18)30(2)25)19-12-15-11-17(24)3-4-20(15)28-22(19)29-9-6-16(23)7-10-29/h3-5,8,11-13,16H,1-2,6-7,9-10,25H2,(H,26,27). The van der Waals surface area contributed by atoms with Crippen molar-refractivity contribution in [3.05, 3.63) is 60.6 Å². The molecule has 0 radical (unpaired) electrons. The first-order chi connectivity index (χ1) is 14.4. The van der Waals surface area contributed by atoms with Crippen LogP contribution in [0.1, 0.15) is 18.4 Å². The Labute approximate surface area is 176 Å². The van der Waals surface area contributed by atoms with Crippen molar-refractivity contribution in [3.8, 4) is 0 Å². The van der Waals surface area contributed by atoms with Gasteiger partial charge in [-0.1, -0.05) is 23.1 Å². The molecule has 3 N–H and O–H groups in total. The number of nitrogens with two attached hydrogens (primary N) is 1. The van der Waals surface area contributed by atoms with Gasteiger partial charge in [-0.05, 0) is 49.2 Å². The van der Waals surface area contributed by atoms with Crippen molar-refractivity contribution in [2.75, 3.05) is 23.3 Å². The molecule has 1 aromatic carbocycles. The molecular formula is C22H23F2N5S. The molecule has 0 spiro atoms. The van der Waals surface area contributed by atoms with Crippen molar-refractivity contribution < 1.29 is 8.78 Å². The second-order valence-corrected chi connectivity index (χ2v) is 8.55. The topological polar surface area (TPSA) is 67.1 Å². The summed E-state index contributed by atoms with van der Waals surface area (Å²) in [6, 6.07) is 10.00. The number of anilines is 2. The number of hydrogen-bond donors (Lipinski definition) is 2. The van der Waals surface area contributed by atoms with Gasteiger partial charge in [0.1, 0.15) is 22.8 Å². The van der Waals surface area contributed by atoms with E-state index in [2.05, 4.69) is 27.7 Å². The highest BCUT2D eigenvalue weighted by Gasteiger charge is 2.23. The van der Waals surface area contributed by atoms with Crippen molar-refractivity contribution in [1.29, 1.82) is 0 Å². The van der Waals surface area contributed by atoms with Gasteiger partial charge >= 0.3 is 0 Å². The zero-order valence-electron chi connectivity index (χ0n) is 16.4. The lowest BCUT2D eigenvalue weighted by Crippen LogP contribution is -2.35. The van der Waals surface area contributed by atoms with Crippen molar-refractivity contribution in [2.45, 2.75) is 24.0 Å². The van der Waals surface area contributed by atoms with Gasteiger partial charge in [-0.15, -0.1) is 0 Å². The van der Waals surface area contributed by atoms with E-state index in [-0.39, 0.29) is 5.82 Å². The molecule has 0 bridgehead atoms. The summed E-state index contributed by atoms with van der Waals surface area (Å²) in [6.45, 7) is 5.32. The summed E-state index contributed by atoms with van der Waals surface area (Å²) in [6.07, 6.45) is 1.78. The number of aromatic nitrogens is 2. The maximum Gasteiger partial charge on any atom is 0.138 e. The number of nitrogens with zero attached hydrogens (tertiary/aromatic N) is 3. The number of fused-ring (bicyclic) bond motifs is 1. The molecule has 0 amide bonds. The van der Waals surface area contributed by atoms with E-state index in [1.54, 1.807) is 12.3 Å². The number of alkyl halides is 1. The van der Waals surface area contributed by atoms with Gasteiger partial charge in [0, 0.05) is 41.6 Å². The van der Waals surface area contributed by atoms with Crippen LogP contribution in [0.4, 0.5) is 20.3 Å². The van der Waals surface area contributed by atoms with E-state index in [0.717, 1.165) is 11.3 Å². The van der Waals surface area contributed by atoms with E-state index in [4.69, 9.17) is 10.1 Å². The van der Waals surface area contributed by atoms with Gasteiger partial charge in [-0.2, -0.15) is 0 Å². The maximum atomic E-state index is 13.8. The number of benzene rings is 1. The number of nitrogens with one attached hydrogen (secondary N) is 1. The molecule has 4 rings (SSSR count). The lowest BCUT2D eigenvalue weighted by Gasteiger charge is -2.31. The first-order valence-electron chi connectivity index (χ1n) is 9.61. The number of piperidine rings is 1. The average molecular weight is 428 g/mol. The number of hydrogen-bond acceptors (Lipinski definition) is 5. The van der Waals surface area contributed by atoms with Crippen LogP contribution in [0.2, 0.25) is 0 Å². The van der Waals surface area contributed by atoms with Crippen LogP contribution in [0.3, 0.4) is 0 Å². The van der Waals surface area contributed by atoms with E-state index in [9.17, 15) is 8.78 Å². The van der Waals surface area contributed by atoms with Gasteiger partial charge in [-0.25, -0.2) is 18.7 Å². The highest BCUT2D eigenvalue weighted by molar-refractivity contribution is 8.12. The van der Waals surface area contributed by atoms with Crippen LogP contribution in [0.15, 0.2) is 54.2 Å². The van der Waals surface area contributed by atoms with Gasteiger partial charge < -0.3 is 10.2 Å². The minimum atomic E-state index is -0.788. The van der Waals surface area contributed by atoms with E-state index >= 15 is 0 Å². The first-order valence-corrected chi connectivity index (χ1v) is 11.1. The number of pyridine rings is 2. The molecule has 1 aliphatic rings. The molecule has 1 saturated heterocycles. The zero-order valence-corrected chi connectivity index (χ0v) is 17.3. The van der Waals surface area contributed by atoms with Gasteiger partial charge in [-0.3, -0.25) is 5.14 Å². The molecule has 1 unspecified atom stereocenters. The molecule has 2 aromatic heterocycles. The highest BCUT2D eigenvalue weighted by Crippen LogP contribution is 2.32. The molecule has 0 aliphatic carbocycles. The summed E-state index contributed by atoms with van der Waals surface area (Å²) in [5, 5.41) is 10.5. The van der Waals surface area contributed by atoms with Gasteiger partial charge in [0.15, 0.2) is 0 Å². The third-order valence-electron chi connectivity index (χ3n) is 5.10. The normalized spacial score (nSPS) is 15.9. The molecule has 1 atom stereocenters. The second-order valence-electron chi connectivity index (χ2n) is 7.27. The van der Waals surface area contributed by atoms with E-state index in [0.29, 0.717) is 53.4 Å². The lowest BCUT2D eigenvalue weighted by atomic mass is 10.1. The molecule has 0 saturated carbocycles. The fourth-order valence-electron chi connectivity index (χ4n) is 3.53. The van der Waals surface area contributed by atoms with Gasteiger partial charge in [0.25, 0.3) is 0 Å².